The Hall–Kier alpha value is -3.43. The number of nitrogens with one attached hydrogen (secondary N) is 3. The number of hydrogen-bond acceptors (Lipinski definition) is 10. The SMILES string of the molecule is C#CCNc1nc(NCCC)nc(N(C)OC)n1.O=C1NS(=O)(=O)c2ccccc21. The number of terminal acetylenes is 1. The van der Waals surface area contributed by atoms with Crippen molar-refractivity contribution in [1.82, 2.24) is 19.7 Å². The number of benzene rings is 1. The van der Waals surface area contributed by atoms with Crippen LogP contribution in [0.1, 0.15) is 23.7 Å². The molecule has 11 nitrogen and oxygen atoms in total. The number of nitrogens with zero attached hydrogens (tertiary/aromatic N) is 4. The standard InChI is InChI=1S/C11H18N6O.C7H5NO3S/c1-5-7-12-9-14-10(13-8-6-2)16-11(15-9)17(3)18-4;9-7-5-3-1-2-4-6(5)12(10,11)8-7/h1H,6-8H2,2-4H3,(H2,12,13,14,15,16);1-4H,(H,8,9). The molecule has 1 aliphatic heterocycles. The van der Waals surface area contributed by atoms with Crippen LogP contribution >= 0.6 is 0 Å². The van der Waals surface area contributed by atoms with Gasteiger partial charge in [-0.25, -0.2) is 18.2 Å². The number of anilines is 3. The van der Waals surface area contributed by atoms with Crippen LogP contribution in [0.2, 0.25) is 0 Å². The van der Waals surface area contributed by atoms with E-state index in [0.29, 0.717) is 24.4 Å². The Balaban J connectivity index is 0.000000230. The van der Waals surface area contributed by atoms with Gasteiger partial charge in [-0.2, -0.15) is 15.0 Å². The molecule has 0 saturated carbocycles. The zero-order chi connectivity index (χ0) is 22.1. The molecular formula is C18H23N7O4S. The molecule has 0 unspecified atom stereocenters. The summed E-state index contributed by atoms with van der Waals surface area (Å²) in [4.78, 5) is 28.7. The minimum Gasteiger partial charge on any atom is -0.354 e. The number of amides is 1. The molecule has 0 saturated heterocycles. The molecule has 1 aromatic heterocycles. The molecule has 12 heteroatoms. The predicted molar refractivity (Wildman–Crippen MR) is 112 cm³/mol. The molecule has 0 atom stereocenters. The van der Waals surface area contributed by atoms with Crippen LogP contribution in [0.5, 0.6) is 0 Å². The summed E-state index contributed by atoms with van der Waals surface area (Å²) in [5.74, 6) is 3.23. The molecule has 2 aromatic rings. The number of carbonyl (C=O) groups excluding carboxylic acids is 1. The molecule has 1 aliphatic rings. The molecule has 160 valence electrons. The van der Waals surface area contributed by atoms with Crippen molar-refractivity contribution in [1.29, 1.82) is 0 Å². The Labute approximate surface area is 175 Å². The van der Waals surface area contributed by atoms with Crippen molar-refractivity contribution in [3.05, 3.63) is 29.8 Å². The van der Waals surface area contributed by atoms with Crippen LogP contribution in [0.4, 0.5) is 17.8 Å². The van der Waals surface area contributed by atoms with E-state index in [0.717, 1.165) is 13.0 Å². The summed E-state index contributed by atoms with van der Waals surface area (Å²) in [6, 6.07) is 6.09. The molecule has 0 fully saturated rings. The molecule has 1 amide bonds. The smallest absolute Gasteiger partial charge is 0.266 e. The fraction of sp³-hybridized carbons (Fsp3) is 0.333. The van der Waals surface area contributed by atoms with Gasteiger partial charge in [0.2, 0.25) is 11.9 Å². The van der Waals surface area contributed by atoms with E-state index < -0.39 is 15.9 Å². The Morgan fingerprint density at radius 2 is 1.87 bits per heavy atom. The first kappa shape index (κ1) is 22.9. The topological polar surface area (TPSA) is 138 Å². The molecule has 30 heavy (non-hydrogen) atoms. The molecule has 2 heterocycles. The number of sulfonamides is 1. The lowest BCUT2D eigenvalue weighted by molar-refractivity contribution is 0.0985. The maximum absolute atomic E-state index is 11.1. The van der Waals surface area contributed by atoms with E-state index in [4.69, 9.17) is 11.3 Å². The summed E-state index contributed by atoms with van der Waals surface area (Å²) in [7, 11) is -0.303. The van der Waals surface area contributed by atoms with E-state index in [1.54, 1.807) is 19.2 Å². The third-order valence-corrected chi connectivity index (χ3v) is 5.10. The fourth-order valence-corrected chi connectivity index (χ4v) is 3.40. The Morgan fingerprint density at radius 1 is 1.20 bits per heavy atom. The molecule has 0 bridgehead atoms. The van der Waals surface area contributed by atoms with Crippen molar-refractivity contribution in [2.24, 2.45) is 0 Å². The highest BCUT2D eigenvalue weighted by atomic mass is 32.2. The number of hydrogen-bond donors (Lipinski definition) is 3. The second-order valence-electron chi connectivity index (χ2n) is 5.88. The lowest BCUT2D eigenvalue weighted by atomic mass is 10.2. The summed E-state index contributed by atoms with van der Waals surface area (Å²) < 4.78 is 24.2. The highest BCUT2D eigenvalue weighted by Crippen LogP contribution is 2.20. The second-order valence-corrected chi connectivity index (χ2v) is 7.53. The molecule has 0 spiro atoms. The third-order valence-electron chi connectivity index (χ3n) is 3.71. The zero-order valence-electron chi connectivity index (χ0n) is 16.8. The second kappa shape index (κ2) is 10.4. The quantitative estimate of drug-likeness (QED) is 0.425. The first-order valence-corrected chi connectivity index (χ1v) is 10.4. The summed E-state index contributed by atoms with van der Waals surface area (Å²) in [5.41, 5.74) is 0.220. The lowest BCUT2D eigenvalue weighted by Crippen LogP contribution is -2.20. The summed E-state index contributed by atoms with van der Waals surface area (Å²) >= 11 is 0. The van der Waals surface area contributed by atoms with Gasteiger partial charge in [-0.05, 0) is 18.6 Å². The minimum atomic E-state index is -3.55. The maximum atomic E-state index is 11.1. The summed E-state index contributed by atoms with van der Waals surface area (Å²) in [6.45, 7) is 3.20. The zero-order valence-corrected chi connectivity index (χ0v) is 17.7. The fourth-order valence-electron chi connectivity index (χ4n) is 2.23. The number of rotatable bonds is 7. The first-order chi connectivity index (χ1) is 14.3. The van der Waals surface area contributed by atoms with Gasteiger partial charge in [0, 0.05) is 13.6 Å². The third kappa shape index (κ3) is 5.79. The highest BCUT2D eigenvalue weighted by Gasteiger charge is 2.31. The van der Waals surface area contributed by atoms with Gasteiger partial charge in [-0.3, -0.25) is 9.63 Å². The highest BCUT2D eigenvalue weighted by molar-refractivity contribution is 7.90. The number of fused-ring (bicyclic) bond motifs is 1. The number of carbonyl (C=O) groups is 1. The van der Waals surface area contributed by atoms with Gasteiger partial charge >= 0.3 is 0 Å². The molecule has 1 aromatic carbocycles. The van der Waals surface area contributed by atoms with Gasteiger partial charge < -0.3 is 10.6 Å². The van der Waals surface area contributed by atoms with Gasteiger partial charge in [0.1, 0.15) is 4.90 Å². The molecule has 3 N–H and O–H groups in total. The van der Waals surface area contributed by atoms with Gasteiger partial charge in [0.15, 0.2) is 0 Å². The number of aromatic nitrogens is 3. The van der Waals surface area contributed by atoms with Crippen LogP contribution in [0.15, 0.2) is 29.2 Å². The van der Waals surface area contributed by atoms with Gasteiger partial charge in [0.05, 0.1) is 19.2 Å². The summed E-state index contributed by atoms with van der Waals surface area (Å²) in [5, 5.41) is 7.45. The van der Waals surface area contributed by atoms with E-state index in [1.165, 1.54) is 24.3 Å². The first-order valence-electron chi connectivity index (χ1n) is 8.93. The Bertz CT molecular complexity index is 1040. The summed E-state index contributed by atoms with van der Waals surface area (Å²) in [6.07, 6.45) is 6.16. The monoisotopic (exact) mass is 433 g/mol. The largest absolute Gasteiger partial charge is 0.354 e. The lowest BCUT2D eigenvalue weighted by Gasteiger charge is -2.15. The van der Waals surface area contributed by atoms with Crippen molar-refractivity contribution in [3.63, 3.8) is 0 Å². The molecular weight excluding hydrogens is 410 g/mol. The Kier molecular flexibility index (Phi) is 7.90. The molecule has 0 aliphatic carbocycles. The van der Waals surface area contributed by atoms with E-state index in [2.05, 4.69) is 38.4 Å². The van der Waals surface area contributed by atoms with Crippen molar-refractivity contribution < 1.29 is 18.0 Å². The normalized spacial score (nSPS) is 13.2. The van der Waals surface area contributed by atoms with Gasteiger partial charge in [0.25, 0.3) is 21.9 Å². The van der Waals surface area contributed by atoms with Crippen LogP contribution < -0.4 is 20.4 Å². The number of hydroxylamine groups is 1. The predicted octanol–water partition coefficient (Wildman–Crippen LogP) is 0.855. The van der Waals surface area contributed by atoms with Crippen LogP contribution in [0.3, 0.4) is 0 Å². The van der Waals surface area contributed by atoms with Gasteiger partial charge in [-0.15, -0.1) is 6.42 Å². The van der Waals surface area contributed by atoms with Crippen molar-refractivity contribution in [2.45, 2.75) is 18.2 Å². The minimum absolute atomic E-state index is 0.0648. The molecule has 3 rings (SSSR count). The van der Waals surface area contributed by atoms with Crippen molar-refractivity contribution in [3.8, 4) is 12.3 Å². The van der Waals surface area contributed by atoms with E-state index >= 15 is 0 Å². The van der Waals surface area contributed by atoms with E-state index in [1.807, 2.05) is 4.72 Å². The average Bonchev–Trinajstić information content (AvgIpc) is 2.99. The van der Waals surface area contributed by atoms with Crippen LogP contribution in [0, 0.1) is 12.3 Å². The average molecular weight is 433 g/mol. The van der Waals surface area contributed by atoms with Crippen LogP contribution in [0.25, 0.3) is 0 Å². The van der Waals surface area contributed by atoms with E-state index in [-0.39, 0.29) is 10.5 Å². The van der Waals surface area contributed by atoms with Crippen LogP contribution in [-0.4, -0.2) is 56.5 Å². The molecule has 0 radical (unpaired) electrons. The Morgan fingerprint density at radius 3 is 2.47 bits per heavy atom. The van der Waals surface area contributed by atoms with Crippen molar-refractivity contribution in [2.75, 3.05) is 42.9 Å². The van der Waals surface area contributed by atoms with Gasteiger partial charge in [-0.1, -0.05) is 25.0 Å². The van der Waals surface area contributed by atoms with Crippen LogP contribution in [-0.2, 0) is 14.9 Å². The van der Waals surface area contributed by atoms with E-state index in [9.17, 15) is 13.2 Å². The van der Waals surface area contributed by atoms with Crippen molar-refractivity contribution >= 4 is 33.8 Å². The maximum Gasteiger partial charge on any atom is 0.266 e.